The third kappa shape index (κ3) is 1.43. The van der Waals surface area contributed by atoms with Gasteiger partial charge in [0.2, 0.25) is 5.95 Å². The van der Waals surface area contributed by atoms with Crippen LogP contribution in [-0.4, -0.2) is 21.6 Å². The van der Waals surface area contributed by atoms with Gasteiger partial charge < -0.3 is 4.57 Å². The molecule has 0 saturated carbocycles. The largest absolute Gasteiger partial charge is 0.312 e. The van der Waals surface area contributed by atoms with Gasteiger partial charge in [-0.05, 0) is 24.3 Å². The fourth-order valence-electron chi connectivity index (χ4n) is 1.99. The Morgan fingerprint density at radius 3 is 3.00 bits per heavy atom. The Morgan fingerprint density at radius 2 is 2.18 bits per heavy atom. The van der Waals surface area contributed by atoms with Crippen LogP contribution in [0.1, 0.15) is 0 Å². The van der Waals surface area contributed by atoms with Gasteiger partial charge in [0.05, 0.1) is 18.1 Å². The second kappa shape index (κ2) is 3.71. The van der Waals surface area contributed by atoms with E-state index in [4.69, 9.17) is 4.84 Å². The average molecular weight is 228 g/mol. The van der Waals surface area contributed by atoms with Crippen molar-refractivity contribution in [2.24, 2.45) is 7.05 Å². The fraction of sp³-hybridized carbons (Fsp3) is 0.167. The highest BCUT2D eigenvalue weighted by atomic mass is 16.6. The first-order chi connectivity index (χ1) is 8.31. The minimum absolute atomic E-state index is 0.679. The van der Waals surface area contributed by atoms with Crippen LogP contribution < -0.4 is 5.48 Å². The summed E-state index contributed by atoms with van der Waals surface area (Å²) in [6, 6.07) is 7.95. The normalized spacial score (nSPS) is 11.2. The molecule has 5 nitrogen and oxygen atoms in total. The standard InChI is InChI=1S/C12H12N4O/c1-16-10-6-5-9-8(4-3-7-13-9)11(10)14-12(16)15-17-2/h3-7H,1-2H3,(H,14,15). The maximum Gasteiger partial charge on any atom is 0.228 e. The Bertz CT molecular complexity index is 689. The van der Waals surface area contributed by atoms with E-state index in [0.29, 0.717) is 5.95 Å². The summed E-state index contributed by atoms with van der Waals surface area (Å²) in [6.07, 6.45) is 1.78. The van der Waals surface area contributed by atoms with Gasteiger partial charge in [0.15, 0.2) is 0 Å². The molecule has 0 atom stereocenters. The summed E-state index contributed by atoms with van der Waals surface area (Å²) >= 11 is 0. The predicted molar refractivity (Wildman–Crippen MR) is 66.6 cm³/mol. The van der Waals surface area contributed by atoms with Crippen molar-refractivity contribution in [2.45, 2.75) is 0 Å². The summed E-state index contributed by atoms with van der Waals surface area (Å²) in [4.78, 5) is 13.7. The zero-order valence-corrected chi connectivity index (χ0v) is 9.64. The van der Waals surface area contributed by atoms with Crippen molar-refractivity contribution in [1.82, 2.24) is 14.5 Å². The maximum absolute atomic E-state index is 4.90. The fourth-order valence-corrected chi connectivity index (χ4v) is 1.99. The highest BCUT2D eigenvalue weighted by Crippen LogP contribution is 2.25. The van der Waals surface area contributed by atoms with Crippen molar-refractivity contribution in [3.63, 3.8) is 0 Å². The number of rotatable bonds is 2. The van der Waals surface area contributed by atoms with Crippen LogP contribution in [0, 0.1) is 0 Å². The molecule has 2 heterocycles. The second-order valence-electron chi connectivity index (χ2n) is 3.80. The molecule has 0 aliphatic rings. The molecule has 0 bridgehead atoms. The van der Waals surface area contributed by atoms with Gasteiger partial charge in [-0.2, -0.15) is 0 Å². The number of nitrogens with one attached hydrogen (secondary N) is 1. The van der Waals surface area contributed by atoms with Gasteiger partial charge in [0.25, 0.3) is 0 Å². The third-order valence-electron chi connectivity index (χ3n) is 2.83. The Balaban J connectivity index is 2.39. The van der Waals surface area contributed by atoms with Crippen LogP contribution >= 0.6 is 0 Å². The Labute approximate surface area is 98.0 Å². The molecule has 5 heteroatoms. The van der Waals surface area contributed by atoms with E-state index in [1.165, 1.54) is 0 Å². The van der Waals surface area contributed by atoms with Crippen molar-refractivity contribution in [3.8, 4) is 0 Å². The van der Waals surface area contributed by atoms with E-state index < -0.39 is 0 Å². The first kappa shape index (κ1) is 10.0. The number of pyridine rings is 1. The summed E-state index contributed by atoms with van der Waals surface area (Å²) < 4.78 is 1.95. The number of benzene rings is 1. The summed E-state index contributed by atoms with van der Waals surface area (Å²) in [5.74, 6) is 0.679. The SMILES string of the molecule is CONc1nc2c3cccnc3ccc2n1C. The molecule has 0 spiro atoms. The smallest absolute Gasteiger partial charge is 0.228 e. The highest BCUT2D eigenvalue weighted by Gasteiger charge is 2.10. The highest BCUT2D eigenvalue weighted by molar-refractivity contribution is 6.03. The Hall–Kier alpha value is -2.14. The average Bonchev–Trinajstić information content (AvgIpc) is 2.68. The first-order valence-electron chi connectivity index (χ1n) is 5.30. The second-order valence-corrected chi connectivity index (χ2v) is 3.80. The van der Waals surface area contributed by atoms with Gasteiger partial charge in [-0.25, -0.2) is 10.5 Å². The molecule has 3 aromatic rings. The summed E-state index contributed by atoms with van der Waals surface area (Å²) in [5.41, 5.74) is 5.68. The predicted octanol–water partition coefficient (Wildman–Crippen LogP) is 2.09. The zero-order valence-electron chi connectivity index (χ0n) is 9.64. The molecule has 0 unspecified atom stereocenters. The lowest BCUT2D eigenvalue weighted by Gasteiger charge is -2.01. The molecule has 0 aliphatic carbocycles. The number of nitrogens with zero attached hydrogens (tertiary/aromatic N) is 3. The molecule has 0 saturated heterocycles. The molecule has 0 amide bonds. The Morgan fingerprint density at radius 1 is 1.29 bits per heavy atom. The van der Waals surface area contributed by atoms with E-state index in [1.807, 2.05) is 35.9 Å². The lowest BCUT2D eigenvalue weighted by Crippen LogP contribution is -2.02. The van der Waals surface area contributed by atoms with Crippen LogP contribution in [0.2, 0.25) is 0 Å². The van der Waals surface area contributed by atoms with Gasteiger partial charge in [-0.1, -0.05) is 0 Å². The molecule has 1 N–H and O–H groups in total. The van der Waals surface area contributed by atoms with Crippen LogP contribution in [0.4, 0.5) is 5.95 Å². The van der Waals surface area contributed by atoms with E-state index in [9.17, 15) is 0 Å². The van der Waals surface area contributed by atoms with Crippen molar-refractivity contribution in [3.05, 3.63) is 30.5 Å². The molecule has 17 heavy (non-hydrogen) atoms. The van der Waals surface area contributed by atoms with Crippen molar-refractivity contribution < 1.29 is 4.84 Å². The lowest BCUT2D eigenvalue weighted by molar-refractivity contribution is 0.266. The van der Waals surface area contributed by atoms with Gasteiger partial charge in [-0.3, -0.25) is 9.82 Å². The molecule has 3 rings (SSSR count). The molecule has 0 radical (unpaired) electrons. The summed E-state index contributed by atoms with van der Waals surface area (Å²) in [7, 11) is 3.51. The molecule has 86 valence electrons. The van der Waals surface area contributed by atoms with Crippen molar-refractivity contribution in [1.29, 1.82) is 0 Å². The Kier molecular flexibility index (Phi) is 2.19. The summed E-state index contributed by atoms with van der Waals surface area (Å²) in [5, 5.41) is 1.05. The minimum Gasteiger partial charge on any atom is -0.312 e. The number of aromatic nitrogens is 3. The van der Waals surface area contributed by atoms with E-state index in [1.54, 1.807) is 13.3 Å². The van der Waals surface area contributed by atoms with Gasteiger partial charge >= 0.3 is 0 Å². The van der Waals surface area contributed by atoms with Gasteiger partial charge in [0.1, 0.15) is 5.52 Å². The number of hydrogen-bond acceptors (Lipinski definition) is 4. The minimum atomic E-state index is 0.679. The van der Waals surface area contributed by atoms with Crippen LogP contribution in [-0.2, 0) is 11.9 Å². The van der Waals surface area contributed by atoms with E-state index in [-0.39, 0.29) is 0 Å². The third-order valence-corrected chi connectivity index (χ3v) is 2.83. The van der Waals surface area contributed by atoms with Crippen LogP contribution in [0.5, 0.6) is 0 Å². The van der Waals surface area contributed by atoms with Crippen molar-refractivity contribution in [2.75, 3.05) is 12.6 Å². The lowest BCUT2D eigenvalue weighted by atomic mass is 10.2. The van der Waals surface area contributed by atoms with E-state index in [2.05, 4.69) is 15.4 Å². The number of aryl methyl sites for hydroxylation is 1. The van der Waals surface area contributed by atoms with E-state index in [0.717, 1.165) is 21.9 Å². The maximum atomic E-state index is 4.90. The topological polar surface area (TPSA) is 52.0 Å². The zero-order chi connectivity index (χ0) is 11.8. The molecular weight excluding hydrogens is 216 g/mol. The first-order valence-corrected chi connectivity index (χ1v) is 5.30. The van der Waals surface area contributed by atoms with Gasteiger partial charge in [0, 0.05) is 18.6 Å². The quantitative estimate of drug-likeness (QED) is 0.682. The molecule has 2 aromatic heterocycles. The van der Waals surface area contributed by atoms with Gasteiger partial charge in [-0.15, -0.1) is 0 Å². The van der Waals surface area contributed by atoms with Crippen LogP contribution in [0.15, 0.2) is 30.5 Å². The van der Waals surface area contributed by atoms with Crippen LogP contribution in [0.25, 0.3) is 21.9 Å². The van der Waals surface area contributed by atoms with E-state index >= 15 is 0 Å². The monoisotopic (exact) mass is 228 g/mol. The number of imidazole rings is 1. The number of fused-ring (bicyclic) bond motifs is 3. The van der Waals surface area contributed by atoms with Crippen molar-refractivity contribution >= 4 is 27.9 Å². The summed E-state index contributed by atoms with van der Waals surface area (Å²) in [6.45, 7) is 0. The van der Waals surface area contributed by atoms with Crippen LogP contribution in [0.3, 0.4) is 0 Å². The number of anilines is 1. The molecular formula is C12H12N4O. The molecule has 1 aromatic carbocycles. The molecule has 0 aliphatic heterocycles. The molecule has 0 fully saturated rings. The number of hydrogen-bond donors (Lipinski definition) is 1.